The third-order valence-corrected chi connectivity index (χ3v) is 4.32. The first kappa shape index (κ1) is 30.7. The molecule has 0 saturated carbocycles. The van der Waals surface area contributed by atoms with Crippen LogP contribution in [0.2, 0.25) is 0 Å². The minimum absolute atomic E-state index is 0.0622. The van der Waals surface area contributed by atoms with Gasteiger partial charge in [-0.3, -0.25) is 9.59 Å². The summed E-state index contributed by atoms with van der Waals surface area (Å²) < 4.78 is 21.5. The van der Waals surface area contributed by atoms with Crippen molar-refractivity contribution in [3.63, 3.8) is 0 Å². The van der Waals surface area contributed by atoms with E-state index in [4.69, 9.17) is 30.2 Å². The molecule has 0 aliphatic carbocycles. The standard InChI is InChI=1S/C23H37N7O6/c1-18(2)26-8-9-28-23(32)19-5-3-6-20(15-19)36-17-22(29-30-25)35-14-13-34-16-21(31)27-10-12-33-11-4-7-24/h3-7,15,18,22,26H,8-14,16-17,24H2,1-2H3,(H,27,31)(H,28,32)/b7-4+. The van der Waals surface area contributed by atoms with Gasteiger partial charge >= 0.3 is 0 Å². The molecule has 0 spiro atoms. The van der Waals surface area contributed by atoms with Crippen LogP contribution < -0.4 is 26.4 Å². The maximum atomic E-state index is 12.3. The minimum Gasteiger partial charge on any atom is -0.491 e. The van der Waals surface area contributed by atoms with Crippen LogP contribution in [0, 0.1) is 0 Å². The van der Waals surface area contributed by atoms with Crippen molar-refractivity contribution in [2.75, 3.05) is 59.3 Å². The third-order valence-electron chi connectivity index (χ3n) is 4.32. The lowest BCUT2D eigenvalue weighted by molar-refractivity contribution is -0.126. The van der Waals surface area contributed by atoms with Gasteiger partial charge in [-0.05, 0) is 36.0 Å². The second-order valence-corrected chi connectivity index (χ2v) is 7.64. The molecule has 0 bridgehead atoms. The molecule has 0 fully saturated rings. The first-order chi connectivity index (χ1) is 17.5. The maximum absolute atomic E-state index is 12.3. The van der Waals surface area contributed by atoms with Gasteiger partial charge in [0.15, 0.2) is 6.23 Å². The number of carbonyl (C=O) groups excluding carboxylic acids is 2. The Kier molecular flexibility index (Phi) is 17.0. The first-order valence-corrected chi connectivity index (χ1v) is 11.7. The van der Waals surface area contributed by atoms with Gasteiger partial charge in [-0.2, -0.15) is 0 Å². The molecule has 1 unspecified atom stereocenters. The molecule has 1 rings (SSSR count). The zero-order valence-corrected chi connectivity index (χ0v) is 20.9. The van der Waals surface area contributed by atoms with Crippen molar-refractivity contribution >= 4 is 11.8 Å². The maximum Gasteiger partial charge on any atom is 0.251 e. The van der Waals surface area contributed by atoms with Crippen LogP contribution in [0.3, 0.4) is 0 Å². The van der Waals surface area contributed by atoms with Crippen LogP contribution in [0.5, 0.6) is 5.75 Å². The van der Waals surface area contributed by atoms with E-state index >= 15 is 0 Å². The van der Waals surface area contributed by atoms with Crippen molar-refractivity contribution in [2.45, 2.75) is 26.1 Å². The van der Waals surface area contributed by atoms with E-state index in [2.05, 4.69) is 26.0 Å². The normalized spacial score (nSPS) is 11.8. The highest BCUT2D eigenvalue weighted by atomic mass is 16.6. The summed E-state index contributed by atoms with van der Waals surface area (Å²) in [4.78, 5) is 26.7. The highest BCUT2D eigenvalue weighted by Crippen LogP contribution is 2.14. The van der Waals surface area contributed by atoms with Gasteiger partial charge in [0, 0.05) is 36.2 Å². The van der Waals surface area contributed by atoms with Crippen molar-refractivity contribution in [3.05, 3.63) is 52.5 Å². The highest BCUT2D eigenvalue weighted by Gasteiger charge is 2.11. The largest absolute Gasteiger partial charge is 0.491 e. The monoisotopic (exact) mass is 507 g/mol. The highest BCUT2D eigenvalue weighted by molar-refractivity contribution is 5.94. The summed E-state index contributed by atoms with van der Waals surface area (Å²) in [6.45, 7) is 6.32. The fourth-order valence-electron chi connectivity index (χ4n) is 2.63. The zero-order chi connectivity index (χ0) is 26.4. The topological polar surface area (TPSA) is 182 Å². The lowest BCUT2D eigenvalue weighted by Gasteiger charge is -2.15. The molecular formula is C23H37N7O6. The number of azide groups is 1. The number of nitrogens with two attached hydrogens (primary N) is 1. The van der Waals surface area contributed by atoms with E-state index in [0.717, 1.165) is 0 Å². The summed E-state index contributed by atoms with van der Waals surface area (Å²) in [6, 6.07) is 7.00. The van der Waals surface area contributed by atoms with E-state index in [-0.39, 0.29) is 38.2 Å². The fraction of sp³-hybridized carbons (Fsp3) is 0.565. The van der Waals surface area contributed by atoms with Gasteiger partial charge in [-0.25, -0.2) is 0 Å². The number of carbonyl (C=O) groups is 2. The molecule has 0 aliphatic heterocycles. The van der Waals surface area contributed by atoms with Crippen LogP contribution in [0.15, 0.2) is 41.7 Å². The van der Waals surface area contributed by atoms with Crippen LogP contribution in [-0.4, -0.2) is 83.4 Å². The van der Waals surface area contributed by atoms with Crippen LogP contribution in [-0.2, 0) is 19.0 Å². The minimum atomic E-state index is -0.910. The second kappa shape index (κ2) is 19.9. The van der Waals surface area contributed by atoms with Gasteiger partial charge in [-0.1, -0.05) is 25.0 Å². The SMILES string of the molecule is CC(C)NCCNC(=O)c1cccc(OCC(N=[N+]=[N-])OCCOCC(=O)NCCOC/C=C/N)c1. The van der Waals surface area contributed by atoms with E-state index in [1.54, 1.807) is 30.3 Å². The lowest BCUT2D eigenvalue weighted by Crippen LogP contribution is -2.34. The summed E-state index contributed by atoms with van der Waals surface area (Å²) >= 11 is 0. The van der Waals surface area contributed by atoms with Crippen LogP contribution in [0.25, 0.3) is 10.4 Å². The fourth-order valence-corrected chi connectivity index (χ4v) is 2.63. The van der Waals surface area contributed by atoms with Crippen LogP contribution in [0.1, 0.15) is 24.2 Å². The van der Waals surface area contributed by atoms with Crippen molar-refractivity contribution in [3.8, 4) is 5.75 Å². The van der Waals surface area contributed by atoms with Gasteiger partial charge in [0.1, 0.15) is 19.0 Å². The van der Waals surface area contributed by atoms with Crippen molar-refractivity contribution in [2.24, 2.45) is 10.8 Å². The molecule has 2 amide bonds. The summed E-state index contributed by atoms with van der Waals surface area (Å²) in [6.07, 6.45) is 2.14. The van der Waals surface area contributed by atoms with Crippen LogP contribution in [0.4, 0.5) is 0 Å². The van der Waals surface area contributed by atoms with E-state index in [0.29, 0.717) is 50.2 Å². The Morgan fingerprint density at radius 3 is 2.72 bits per heavy atom. The predicted octanol–water partition coefficient (Wildman–Crippen LogP) is 1.07. The quantitative estimate of drug-likeness (QED) is 0.0874. The molecule has 1 atom stereocenters. The van der Waals surface area contributed by atoms with Crippen molar-refractivity contribution in [1.82, 2.24) is 16.0 Å². The van der Waals surface area contributed by atoms with E-state index < -0.39 is 6.23 Å². The lowest BCUT2D eigenvalue weighted by atomic mass is 10.2. The number of benzene rings is 1. The molecular weight excluding hydrogens is 470 g/mol. The molecule has 1 aromatic rings. The molecule has 36 heavy (non-hydrogen) atoms. The Morgan fingerprint density at radius 2 is 1.97 bits per heavy atom. The molecule has 0 saturated heterocycles. The molecule has 0 heterocycles. The predicted molar refractivity (Wildman–Crippen MR) is 134 cm³/mol. The average Bonchev–Trinajstić information content (AvgIpc) is 2.86. The van der Waals surface area contributed by atoms with Gasteiger partial charge < -0.3 is 40.6 Å². The van der Waals surface area contributed by atoms with Crippen LogP contribution >= 0.6 is 0 Å². The molecule has 0 aliphatic rings. The third kappa shape index (κ3) is 15.5. The number of rotatable bonds is 20. The summed E-state index contributed by atoms with van der Waals surface area (Å²) in [7, 11) is 0. The number of nitrogens with one attached hydrogen (secondary N) is 3. The summed E-state index contributed by atoms with van der Waals surface area (Å²) in [5.41, 5.74) is 14.4. The van der Waals surface area contributed by atoms with Crippen molar-refractivity contribution < 1.29 is 28.5 Å². The molecule has 13 heteroatoms. The molecule has 200 valence electrons. The Labute approximate surface area is 211 Å². The van der Waals surface area contributed by atoms with Crippen molar-refractivity contribution in [1.29, 1.82) is 0 Å². The molecule has 1 aromatic carbocycles. The first-order valence-electron chi connectivity index (χ1n) is 11.7. The number of nitrogens with zero attached hydrogens (tertiary/aromatic N) is 3. The summed E-state index contributed by atoms with van der Waals surface area (Å²) in [5.74, 6) is -0.0741. The van der Waals surface area contributed by atoms with E-state index in [1.165, 1.54) is 6.20 Å². The zero-order valence-electron chi connectivity index (χ0n) is 20.9. The Balaban J connectivity index is 2.30. The smallest absolute Gasteiger partial charge is 0.251 e. The molecule has 13 nitrogen and oxygen atoms in total. The van der Waals surface area contributed by atoms with Gasteiger partial charge in [0.05, 0.1) is 26.4 Å². The second-order valence-electron chi connectivity index (χ2n) is 7.64. The number of hydrogen-bond acceptors (Lipinski definition) is 9. The Hall–Kier alpha value is -3.35. The summed E-state index contributed by atoms with van der Waals surface area (Å²) in [5, 5.41) is 12.3. The molecule has 5 N–H and O–H groups in total. The van der Waals surface area contributed by atoms with Gasteiger partial charge in [-0.15, -0.1) is 0 Å². The Bertz CT molecular complexity index is 846. The van der Waals surface area contributed by atoms with E-state index in [9.17, 15) is 9.59 Å². The molecule has 0 radical (unpaired) electrons. The number of ether oxygens (including phenoxy) is 4. The van der Waals surface area contributed by atoms with Gasteiger partial charge in [0.2, 0.25) is 5.91 Å². The Morgan fingerprint density at radius 1 is 1.14 bits per heavy atom. The number of hydrogen-bond donors (Lipinski definition) is 4. The van der Waals surface area contributed by atoms with Gasteiger partial charge in [0.25, 0.3) is 5.91 Å². The average molecular weight is 508 g/mol. The van der Waals surface area contributed by atoms with E-state index in [1.807, 2.05) is 13.8 Å². The number of amides is 2. The molecule has 0 aromatic heterocycles.